The molecule has 0 saturated heterocycles. The van der Waals surface area contributed by atoms with E-state index in [1.54, 1.807) is 11.9 Å². The molecule has 0 aliphatic heterocycles. The molecular formula is C11H15FN2O2. The van der Waals surface area contributed by atoms with Crippen molar-refractivity contribution in [1.82, 2.24) is 0 Å². The Bertz CT molecular complexity index is 382. The summed E-state index contributed by atoms with van der Waals surface area (Å²) < 4.78 is 13.0. The first-order valence-electron chi connectivity index (χ1n) is 5.21. The van der Waals surface area contributed by atoms with Crippen molar-refractivity contribution in [3.8, 4) is 0 Å². The van der Waals surface area contributed by atoms with E-state index in [-0.39, 0.29) is 5.69 Å². The first kappa shape index (κ1) is 12.4. The fraction of sp³-hybridized carbons (Fsp3) is 0.455. The predicted molar refractivity (Wildman–Crippen MR) is 61.2 cm³/mol. The molecule has 0 aromatic heterocycles. The van der Waals surface area contributed by atoms with Gasteiger partial charge in [-0.1, -0.05) is 13.3 Å². The molecule has 1 aromatic rings. The number of hydrogen-bond acceptors (Lipinski definition) is 3. The average Bonchev–Trinajstić information content (AvgIpc) is 2.25. The molecule has 5 heteroatoms. The molecule has 0 fully saturated rings. The molecule has 0 aliphatic rings. The third kappa shape index (κ3) is 2.92. The van der Waals surface area contributed by atoms with Crippen molar-refractivity contribution in [2.75, 3.05) is 18.5 Å². The molecule has 1 aromatic carbocycles. The summed E-state index contributed by atoms with van der Waals surface area (Å²) in [7, 11) is 1.73. The summed E-state index contributed by atoms with van der Waals surface area (Å²) in [5.41, 5.74) is 0.276. The van der Waals surface area contributed by atoms with Crippen molar-refractivity contribution in [3.63, 3.8) is 0 Å². The zero-order valence-electron chi connectivity index (χ0n) is 9.44. The minimum absolute atomic E-state index is 0.0556. The van der Waals surface area contributed by atoms with Crippen LogP contribution in [0.1, 0.15) is 19.8 Å². The Hall–Kier alpha value is -1.65. The summed E-state index contributed by atoms with van der Waals surface area (Å²) in [5.74, 6) is -0.455. The highest BCUT2D eigenvalue weighted by molar-refractivity contribution is 5.62. The first-order chi connectivity index (χ1) is 7.56. The number of halogens is 1. The highest BCUT2D eigenvalue weighted by Gasteiger charge is 2.17. The Kier molecular flexibility index (Phi) is 4.22. The van der Waals surface area contributed by atoms with Crippen molar-refractivity contribution in [1.29, 1.82) is 0 Å². The zero-order chi connectivity index (χ0) is 12.1. The first-order valence-corrected chi connectivity index (χ1v) is 5.21. The van der Waals surface area contributed by atoms with Gasteiger partial charge in [0.05, 0.1) is 4.92 Å². The Labute approximate surface area is 93.8 Å². The van der Waals surface area contributed by atoms with E-state index in [2.05, 4.69) is 0 Å². The Morgan fingerprint density at radius 1 is 1.50 bits per heavy atom. The van der Waals surface area contributed by atoms with Crippen LogP contribution in [0.15, 0.2) is 18.2 Å². The van der Waals surface area contributed by atoms with Gasteiger partial charge in [0.1, 0.15) is 11.5 Å². The quantitative estimate of drug-likeness (QED) is 0.572. The molecule has 88 valence electrons. The van der Waals surface area contributed by atoms with E-state index in [9.17, 15) is 14.5 Å². The van der Waals surface area contributed by atoms with Crippen LogP contribution in [0.4, 0.5) is 15.8 Å². The van der Waals surface area contributed by atoms with E-state index in [0.717, 1.165) is 18.9 Å². The number of benzene rings is 1. The van der Waals surface area contributed by atoms with Crippen molar-refractivity contribution < 1.29 is 9.31 Å². The maximum absolute atomic E-state index is 13.0. The van der Waals surface area contributed by atoms with Crippen LogP contribution in [-0.4, -0.2) is 18.5 Å². The van der Waals surface area contributed by atoms with Crippen LogP contribution in [0, 0.1) is 15.9 Å². The molecule has 0 N–H and O–H groups in total. The largest absolute Gasteiger partial charge is 0.369 e. The van der Waals surface area contributed by atoms with E-state index in [1.807, 2.05) is 6.92 Å². The van der Waals surface area contributed by atoms with Gasteiger partial charge in [-0.05, 0) is 12.5 Å². The second kappa shape index (κ2) is 5.44. The lowest BCUT2D eigenvalue weighted by atomic mass is 10.2. The van der Waals surface area contributed by atoms with E-state index < -0.39 is 10.7 Å². The summed E-state index contributed by atoms with van der Waals surface area (Å²) >= 11 is 0. The third-order valence-corrected chi connectivity index (χ3v) is 2.39. The molecule has 4 nitrogen and oxygen atoms in total. The summed E-state index contributed by atoms with van der Waals surface area (Å²) in [4.78, 5) is 12.0. The van der Waals surface area contributed by atoms with Gasteiger partial charge in [-0.25, -0.2) is 4.39 Å². The Morgan fingerprint density at radius 2 is 2.19 bits per heavy atom. The maximum atomic E-state index is 13.0. The van der Waals surface area contributed by atoms with E-state index in [4.69, 9.17) is 0 Å². The molecule has 0 heterocycles. The number of unbranched alkanes of at least 4 members (excludes halogenated alkanes) is 1. The molecule has 0 unspecified atom stereocenters. The van der Waals surface area contributed by atoms with Gasteiger partial charge in [0.25, 0.3) is 5.69 Å². The summed E-state index contributed by atoms with van der Waals surface area (Å²) in [5, 5.41) is 10.8. The molecular weight excluding hydrogens is 211 g/mol. The number of nitro benzene ring substituents is 1. The van der Waals surface area contributed by atoms with Crippen molar-refractivity contribution >= 4 is 11.4 Å². The second-order valence-corrected chi connectivity index (χ2v) is 3.67. The van der Waals surface area contributed by atoms with Gasteiger partial charge in [0.15, 0.2) is 0 Å². The maximum Gasteiger partial charge on any atom is 0.292 e. The van der Waals surface area contributed by atoms with Crippen molar-refractivity contribution in [2.24, 2.45) is 0 Å². The molecule has 0 spiro atoms. The summed E-state index contributed by atoms with van der Waals surface area (Å²) in [6.07, 6.45) is 1.91. The van der Waals surface area contributed by atoms with Crippen LogP contribution in [-0.2, 0) is 0 Å². The van der Waals surface area contributed by atoms with E-state index in [1.165, 1.54) is 12.1 Å². The summed E-state index contributed by atoms with van der Waals surface area (Å²) in [6, 6.07) is 3.51. The number of hydrogen-bond donors (Lipinski definition) is 0. The molecule has 0 atom stereocenters. The van der Waals surface area contributed by atoms with Crippen LogP contribution in [0.3, 0.4) is 0 Å². The molecule has 16 heavy (non-hydrogen) atoms. The van der Waals surface area contributed by atoms with Crippen LogP contribution in [0.25, 0.3) is 0 Å². The van der Waals surface area contributed by atoms with Gasteiger partial charge < -0.3 is 4.90 Å². The van der Waals surface area contributed by atoms with E-state index in [0.29, 0.717) is 12.2 Å². The Morgan fingerprint density at radius 3 is 2.75 bits per heavy atom. The van der Waals surface area contributed by atoms with Crippen molar-refractivity contribution in [3.05, 3.63) is 34.1 Å². The molecule has 0 amide bonds. The molecule has 0 saturated carbocycles. The van der Waals surface area contributed by atoms with E-state index >= 15 is 0 Å². The standard InChI is InChI=1S/C11H15FN2O2/c1-3-4-7-13(2)11-8-9(12)5-6-10(11)14(15)16/h5-6,8H,3-4,7H2,1-2H3. The second-order valence-electron chi connectivity index (χ2n) is 3.67. The smallest absolute Gasteiger partial charge is 0.292 e. The van der Waals surface area contributed by atoms with Crippen LogP contribution >= 0.6 is 0 Å². The number of rotatable bonds is 5. The lowest BCUT2D eigenvalue weighted by molar-refractivity contribution is -0.384. The normalized spacial score (nSPS) is 10.2. The van der Waals surface area contributed by atoms with Gasteiger partial charge in [-0.15, -0.1) is 0 Å². The third-order valence-electron chi connectivity index (χ3n) is 2.39. The monoisotopic (exact) mass is 226 g/mol. The SMILES string of the molecule is CCCCN(C)c1cc(F)ccc1[N+](=O)[O-]. The predicted octanol–water partition coefficient (Wildman–Crippen LogP) is 2.97. The van der Waals surface area contributed by atoms with Crippen LogP contribution in [0.5, 0.6) is 0 Å². The number of nitro groups is 1. The fourth-order valence-corrected chi connectivity index (χ4v) is 1.47. The van der Waals surface area contributed by atoms with Gasteiger partial charge in [-0.3, -0.25) is 10.1 Å². The molecule has 0 bridgehead atoms. The van der Waals surface area contributed by atoms with Crippen molar-refractivity contribution in [2.45, 2.75) is 19.8 Å². The zero-order valence-corrected chi connectivity index (χ0v) is 9.44. The fourth-order valence-electron chi connectivity index (χ4n) is 1.47. The van der Waals surface area contributed by atoms with Crippen LogP contribution < -0.4 is 4.90 Å². The topological polar surface area (TPSA) is 46.4 Å². The highest BCUT2D eigenvalue weighted by atomic mass is 19.1. The Balaban J connectivity index is 2.99. The minimum Gasteiger partial charge on any atom is -0.369 e. The summed E-state index contributed by atoms with van der Waals surface area (Å²) in [6.45, 7) is 2.72. The lowest BCUT2D eigenvalue weighted by Gasteiger charge is -2.18. The van der Waals surface area contributed by atoms with Gasteiger partial charge >= 0.3 is 0 Å². The van der Waals surface area contributed by atoms with Gasteiger partial charge in [-0.2, -0.15) is 0 Å². The molecule has 1 rings (SSSR count). The van der Waals surface area contributed by atoms with Gasteiger partial charge in [0.2, 0.25) is 0 Å². The highest BCUT2D eigenvalue weighted by Crippen LogP contribution is 2.28. The number of nitrogens with zero attached hydrogens (tertiary/aromatic N) is 2. The molecule has 0 radical (unpaired) electrons. The average molecular weight is 226 g/mol. The minimum atomic E-state index is -0.489. The van der Waals surface area contributed by atoms with Crippen LogP contribution in [0.2, 0.25) is 0 Å². The number of anilines is 1. The molecule has 0 aliphatic carbocycles. The van der Waals surface area contributed by atoms with Gasteiger partial charge in [0, 0.05) is 25.7 Å². The lowest BCUT2D eigenvalue weighted by Crippen LogP contribution is -2.19.